The summed E-state index contributed by atoms with van der Waals surface area (Å²) in [6, 6.07) is 3.97. The van der Waals surface area contributed by atoms with Gasteiger partial charge in [0.2, 0.25) is 0 Å². The van der Waals surface area contributed by atoms with Crippen molar-refractivity contribution < 1.29 is 47.4 Å². The smallest absolute Gasteiger partial charge is 0.157 e. The van der Waals surface area contributed by atoms with Crippen molar-refractivity contribution in [2.75, 3.05) is 92.5 Å². The molecule has 2 aliphatic rings. The molecule has 2 aromatic rings. The quantitative estimate of drug-likeness (QED) is 0.149. The molecule has 0 amide bonds. The lowest BCUT2D eigenvalue weighted by atomic mass is 10.2. The topological polar surface area (TPSA) is 92.3 Å². The van der Waals surface area contributed by atoms with Crippen LogP contribution in [0.2, 0.25) is 0 Å². The number of ether oxygens (including phenoxy) is 10. The van der Waals surface area contributed by atoms with Crippen LogP contribution in [-0.4, -0.2) is 105 Å². The molecule has 2 fully saturated rings. The molecule has 0 N–H and O–H groups in total. The minimum Gasteiger partial charge on any atom is -0.490 e. The second kappa shape index (κ2) is 21.4. The standard InChI is InChI=1S/C30H46O10S2/c1-3-9-37-27(5-1)39-21-17-33-13-11-31-15-19-35-25-7-23-41-29(25)30-26(8-24-42-30)36-20-16-32-12-14-34-18-22-40-28-6-2-4-10-38-28/h7-8,23-24,27-28H,1-6,9-22H2. The highest BCUT2D eigenvalue weighted by Gasteiger charge is 2.16. The van der Waals surface area contributed by atoms with Crippen LogP contribution in [0.1, 0.15) is 38.5 Å². The number of rotatable bonds is 23. The first-order valence-electron chi connectivity index (χ1n) is 15.1. The van der Waals surface area contributed by atoms with Crippen LogP contribution in [0, 0.1) is 0 Å². The largest absolute Gasteiger partial charge is 0.490 e. The summed E-state index contributed by atoms with van der Waals surface area (Å²) in [7, 11) is 0. The number of thiophene rings is 2. The van der Waals surface area contributed by atoms with Gasteiger partial charge in [0.15, 0.2) is 12.6 Å². The van der Waals surface area contributed by atoms with Crippen LogP contribution in [0.4, 0.5) is 0 Å². The molecule has 0 saturated carbocycles. The van der Waals surface area contributed by atoms with E-state index in [0.29, 0.717) is 79.3 Å². The summed E-state index contributed by atoms with van der Waals surface area (Å²) in [5.74, 6) is 1.67. The van der Waals surface area contributed by atoms with Crippen molar-refractivity contribution in [1.29, 1.82) is 0 Å². The van der Waals surface area contributed by atoms with E-state index in [1.165, 1.54) is 0 Å². The predicted molar refractivity (Wildman–Crippen MR) is 161 cm³/mol. The molecule has 2 unspecified atom stereocenters. The third-order valence-electron chi connectivity index (χ3n) is 6.52. The molecule has 0 radical (unpaired) electrons. The third kappa shape index (κ3) is 13.1. The van der Waals surface area contributed by atoms with Gasteiger partial charge in [-0.15, -0.1) is 22.7 Å². The molecule has 10 nitrogen and oxygen atoms in total. The van der Waals surface area contributed by atoms with E-state index in [1.54, 1.807) is 22.7 Å². The lowest BCUT2D eigenvalue weighted by Crippen LogP contribution is -2.24. The van der Waals surface area contributed by atoms with Gasteiger partial charge in [-0.3, -0.25) is 0 Å². The van der Waals surface area contributed by atoms with Gasteiger partial charge in [0, 0.05) is 13.2 Å². The summed E-state index contributed by atoms with van der Waals surface area (Å²) in [6.45, 7) is 7.71. The van der Waals surface area contributed by atoms with E-state index in [-0.39, 0.29) is 12.6 Å². The van der Waals surface area contributed by atoms with Gasteiger partial charge in [-0.2, -0.15) is 0 Å². The van der Waals surface area contributed by atoms with Crippen LogP contribution in [0.3, 0.4) is 0 Å². The Hall–Kier alpha value is -1.32. The molecule has 0 aromatic carbocycles. The van der Waals surface area contributed by atoms with Crippen molar-refractivity contribution in [3.63, 3.8) is 0 Å². The van der Waals surface area contributed by atoms with Crippen LogP contribution in [0.25, 0.3) is 9.75 Å². The maximum atomic E-state index is 6.01. The number of hydrogen-bond donors (Lipinski definition) is 0. The van der Waals surface area contributed by atoms with Gasteiger partial charge < -0.3 is 47.4 Å². The fraction of sp³-hybridized carbons (Fsp3) is 0.733. The molecule has 2 aliphatic heterocycles. The Labute approximate surface area is 257 Å². The Balaban J connectivity index is 0.990. The lowest BCUT2D eigenvalue weighted by Gasteiger charge is -2.22. The molecule has 0 spiro atoms. The Morgan fingerprint density at radius 3 is 1.33 bits per heavy atom. The first-order valence-corrected chi connectivity index (χ1v) is 16.8. The first kappa shape index (κ1) is 33.6. The lowest BCUT2D eigenvalue weighted by molar-refractivity contribution is -0.169. The SMILES string of the molecule is c1cc(OCCOCCOCCOC2CCCCO2)c(-c2sccc2OCCOCCOCCOC2CCCCO2)s1. The van der Waals surface area contributed by atoms with Gasteiger partial charge in [-0.05, 0) is 61.4 Å². The summed E-state index contributed by atoms with van der Waals surface area (Å²) in [6.07, 6.45) is 6.36. The third-order valence-corrected chi connectivity index (χ3v) is 8.47. The normalized spacial score (nSPS) is 19.2. The molecule has 4 heterocycles. The van der Waals surface area contributed by atoms with Crippen LogP contribution in [-0.2, 0) is 37.9 Å². The summed E-state index contributed by atoms with van der Waals surface area (Å²) in [5, 5.41) is 4.05. The molecular weight excluding hydrogens is 584 g/mol. The van der Waals surface area contributed by atoms with Crippen molar-refractivity contribution in [3.8, 4) is 21.3 Å². The zero-order chi connectivity index (χ0) is 28.9. The van der Waals surface area contributed by atoms with Gasteiger partial charge in [-0.25, -0.2) is 0 Å². The molecule has 12 heteroatoms. The molecule has 42 heavy (non-hydrogen) atoms. The second-order valence-corrected chi connectivity index (χ2v) is 11.5. The van der Waals surface area contributed by atoms with E-state index in [4.69, 9.17) is 47.4 Å². The van der Waals surface area contributed by atoms with Crippen molar-refractivity contribution in [1.82, 2.24) is 0 Å². The molecule has 0 aliphatic carbocycles. The minimum atomic E-state index is -0.0718. The van der Waals surface area contributed by atoms with Gasteiger partial charge in [0.05, 0.1) is 75.8 Å². The highest BCUT2D eigenvalue weighted by molar-refractivity contribution is 7.21. The Kier molecular flexibility index (Phi) is 17.1. The summed E-state index contributed by atoms with van der Waals surface area (Å²) in [4.78, 5) is 2.11. The summed E-state index contributed by atoms with van der Waals surface area (Å²) < 4.78 is 56.8. The molecule has 0 bridgehead atoms. The predicted octanol–water partition coefficient (Wildman–Crippen LogP) is 5.39. The molecule has 2 aromatic heterocycles. The van der Waals surface area contributed by atoms with Gasteiger partial charge in [-0.1, -0.05) is 0 Å². The van der Waals surface area contributed by atoms with E-state index in [2.05, 4.69) is 0 Å². The Morgan fingerprint density at radius 1 is 0.524 bits per heavy atom. The highest BCUT2D eigenvalue weighted by Crippen LogP contribution is 2.44. The van der Waals surface area contributed by atoms with Gasteiger partial charge in [0.25, 0.3) is 0 Å². The highest BCUT2D eigenvalue weighted by atomic mass is 32.1. The molecule has 4 rings (SSSR count). The average molecular weight is 631 g/mol. The van der Waals surface area contributed by atoms with E-state index in [0.717, 1.165) is 73.0 Å². The van der Waals surface area contributed by atoms with E-state index >= 15 is 0 Å². The maximum absolute atomic E-state index is 6.01. The molecule has 2 saturated heterocycles. The second-order valence-electron chi connectivity index (χ2n) is 9.71. The fourth-order valence-corrected chi connectivity index (χ4v) is 6.23. The number of hydrogen-bond acceptors (Lipinski definition) is 12. The monoisotopic (exact) mass is 630 g/mol. The molecular formula is C30H46O10S2. The Bertz CT molecular complexity index is 853. The van der Waals surface area contributed by atoms with E-state index < -0.39 is 0 Å². The zero-order valence-corrected chi connectivity index (χ0v) is 26.1. The van der Waals surface area contributed by atoms with Crippen molar-refractivity contribution in [3.05, 3.63) is 22.9 Å². The van der Waals surface area contributed by atoms with E-state index in [1.807, 2.05) is 22.9 Å². The molecule has 238 valence electrons. The van der Waals surface area contributed by atoms with E-state index in [9.17, 15) is 0 Å². The van der Waals surface area contributed by atoms with Crippen LogP contribution in [0.5, 0.6) is 11.5 Å². The summed E-state index contributed by atoms with van der Waals surface area (Å²) >= 11 is 3.27. The fourth-order valence-electron chi connectivity index (χ4n) is 4.38. The summed E-state index contributed by atoms with van der Waals surface area (Å²) in [5.41, 5.74) is 0. The Morgan fingerprint density at radius 2 is 0.929 bits per heavy atom. The van der Waals surface area contributed by atoms with Crippen molar-refractivity contribution >= 4 is 22.7 Å². The van der Waals surface area contributed by atoms with Crippen molar-refractivity contribution in [2.24, 2.45) is 0 Å². The minimum absolute atomic E-state index is 0.0718. The first-order chi connectivity index (χ1) is 20.9. The van der Waals surface area contributed by atoms with Gasteiger partial charge in [0.1, 0.15) is 24.7 Å². The van der Waals surface area contributed by atoms with Crippen LogP contribution >= 0.6 is 22.7 Å². The van der Waals surface area contributed by atoms with Gasteiger partial charge >= 0.3 is 0 Å². The zero-order valence-electron chi connectivity index (χ0n) is 24.5. The average Bonchev–Trinajstić information content (AvgIpc) is 3.69. The molecule has 2 atom stereocenters. The van der Waals surface area contributed by atoms with Crippen molar-refractivity contribution in [2.45, 2.75) is 51.1 Å². The maximum Gasteiger partial charge on any atom is 0.157 e. The van der Waals surface area contributed by atoms with Crippen LogP contribution in [0.15, 0.2) is 22.9 Å². The van der Waals surface area contributed by atoms with Crippen LogP contribution < -0.4 is 9.47 Å².